The molecule has 0 saturated carbocycles. The Bertz CT molecular complexity index is 506. The van der Waals surface area contributed by atoms with E-state index < -0.39 is 47.5 Å². The molecule has 1 unspecified atom stereocenters. The van der Waals surface area contributed by atoms with E-state index >= 15 is 0 Å². The van der Waals surface area contributed by atoms with Crippen molar-refractivity contribution in [2.75, 3.05) is 11.9 Å². The molecule has 5 nitrogen and oxygen atoms in total. The minimum atomic E-state index is -1.68. The number of nitrogens with one attached hydrogen (secondary N) is 2. The van der Waals surface area contributed by atoms with Gasteiger partial charge in [0.2, 0.25) is 11.8 Å². The van der Waals surface area contributed by atoms with E-state index in [1.165, 1.54) is 6.92 Å². The second-order valence-electron chi connectivity index (χ2n) is 3.78. The van der Waals surface area contributed by atoms with Crippen molar-refractivity contribution in [1.29, 1.82) is 0 Å². The van der Waals surface area contributed by atoms with Crippen LogP contribution in [0.25, 0.3) is 0 Å². The molecule has 0 fully saturated rings. The molecule has 0 aliphatic heterocycles. The van der Waals surface area contributed by atoms with Gasteiger partial charge in [0.1, 0.15) is 0 Å². The van der Waals surface area contributed by atoms with E-state index in [9.17, 15) is 22.8 Å². The SMILES string of the molecule is CC(N)C(=O)NCC(=O)Nc1ccc(F)c(F)c1F. The summed E-state index contributed by atoms with van der Waals surface area (Å²) >= 11 is 0. The van der Waals surface area contributed by atoms with Gasteiger partial charge in [-0.25, -0.2) is 13.2 Å². The van der Waals surface area contributed by atoms with Crippen molar-refractivity contribution in [3.05, 3.63) is 29.6 Å². The topological polar surface area (TPSA) is 84.2 Å². The molecule has 1 aromatic rings. The summed E-state index contributed by atoms with van der Waals surface area (Å²) in [6.07, 6.45) is 0. The van der Waals surface area contributed by atoms with Crippen molar-refractivity contribution >= 4 is 17.5 Å². The quantitative estimate of drug-likeness (QED) is 0.700. The largest absolute Gasteiger partial charge is 0.346 e. The Hall–Kier alpha value is -2.09. The first-order valence-electron chi connectivity index (χ1n) is 5.29. The fourth-order valence-electron chi connectivity index (χ4n) is 1.15. The number of carbonyl (C=O) groups excluding carboxylic acids is 2. The molecule has 1 aromatic carbocycles. The maximum atomic E-state index is 13.2. The lowest BCUT2D eigenvalue weighted by molar-refractivity contribution is -0.124. The highest BCUT2D eigenvalue weighted by Gasteiger charge is 2.15. The standard InChI is InChI=1S/C11H12F3N3O2/c1-5(15)11(19)16-4-8(18)17-7-3-2-6(12)9(13)10(7)14/h2-3,5H,4,15H2,1H3,(H,16,19)(H,17,18). The Morgan fingerprint density at radius 3 is 2.47 bits per heavy atom. The summed E-state index contributed by atoms with van der Waals surface area (Å²) in [4.78, 5) is 22.4. The Labute approximate surface area is 107 Å². The van der Waals surface area contributed by atoms with Crippen molar-refractivity contribution in [2.45, 2.75) is 13.0 Å². The number of hydrogen-bond acceptors (Lipinski definition) is 3. The molecule has 0 aromatic heterocycles. The van der Waals surface area contributed by atoms with Crippen LogP contribution in [-0.4, -0.2) is 24.4 Å². The van der Waals surface area contributed by atoms with Crippen LogP contribution in [-0.2, 0) is 9.59 Å². The van der Waals surface area contributed by atoms with Crippen LogP contribution in [0.1, 0.15) is 6.92 Å². The first-order chi connectivity index (χ1) is 8.82. The van der Waals surface area contributed by atoms with Crippen LogP contribution in [0, 0.1) is 17.5 Å². The third-order valence-electron chi connectivity index (χ3n) is 2.15. The van der Waals surface area contributed by atoms with Gasteiger partial charge in [-0.1, -0.05) is 0 Å². The van der Waals surface area contributed by atoms with Gasteiger partial charge in [0.25, 0.3) is 0 Å². The molecule has 1 rings (SSSR count). The molecule has 19 heavy (non-hydrogen) atoms. The smallest absolute Gasteiger partial charge is 0.243 e. The summed E-state index contributed by atoms with van der Waals surface area (Å²) in [6, 6.07) is 0.751. The average molecular weight is 275 g/mol. The summed E-state index contributed by atoms with van der Waals surface area (Å²) in [5.41, 5.74) is 4.73. The highest BCUT2D eigenvalue weighted by atomic mass is 19.2. The van der Waals surface area contributed by atoms with Gasteiger partial charge >= 0.3 is 0 Å². The normalized spacial score (nSPS) is 11.8. The van der Waals surface area contributed by atoms with Crippen LogP contribution in [0.5, 0.6) is 0 Å². The predicted molar refractivity (Wildman–Crippen MR) is 61.6 cm³/mol. The first kappa shape index (κ1) is 15.0. The van der Waals surface area contributed by atoms with E-state index in [4.69, 9.17) is 5.73 Å². The molecule has 2 amide bonds. The number of hydrogen-bond donors (Lipinski definition) is 3. The molecule has 4 N–H and O–H groups in total. The Morgan fingerprint density at radius 2 is 1.89 bits per heavy atom. The van der Waals surface area contributed by atoms with Gasteiger partial charge in [0, 0.05) is 0 Å². The molecule has 0 radical (unpaired) electrons. The molecular weight excluding hydrogens is 263 g/mol. The third-order valence-corrected chi connectivity index (χ3v) is 2.15. The molecule has 1 atom stereocenters. The van der Waals surface area contributed by atoms with Crippen LogP contribution >= 0.6 is 0 Å². The molecule has 0 heterocycles. The van der Waals surface area contributed by atoms with Crippen molar-refractivity contribution in [3.8, 4) is 0 Å². The summed E-state index contributed by atoms with van der Waals surface area (Å²) in [6.45, 7) is 0.959. The molecular formula is C11H12F3N3O2. The second-order valence-corrected chi connectivity index (χ2v) is 3.78. The van der Waals surface area contributed by atoms with E-state index in [-0.39, 0.29) is 0 Å². The highest BCUT2D eigenvalue weighted by molar-refractivity contribution is 5.95. The van der Waals surface area contributed by atoms with E-state index in [0.29, 0.717) is 6.07 Å². The summed E-state index contributed by atoms with van der Waals surface area (Å²) in [5.74, 6) is -5.91. The maximum Gasteiger partial charge on any atom is 0.243 e. The Kier molecular flexibility index (Phi) is 4.87. The van der Waals surface area contributed by atoms with E-state index in [1.807, 2.05) is 5.32 Å². The number of anilines is 1. The molecule has 0 aliphatic rings. The fraction of sp³-hybridized carbons (Fsp3) is 0.273. The Morgan fingerprint density at radius 1 is 1.26 bits per heavy atom. The lowest BCUT2D eigenvalue weighted by atomic mass is 10.2. The van der Waals surface area contributed by atoms with Gasteiger partial charge in [-0.15, -0.1) is 0 Å². The van der Waals surface area contributed by atoms with Gasteiger partial charge in [-0.2, -0.15) is 0 Å². The van der Waals surface area contributed by atoms with Crippen molar-refractivity contribution in [3.63, 3.8) is 0 Å². The van der Waals surface area contributed by atoms with Crippen LogP contribution < -0.4 is 16.4 Å². The summed E-state index contributed by atoms with van der Waals surface area (Å²) in [5, 5.41) is 4.18. The maximum absolute atomic E-state index is 13.2. The van der Waals surface area contributed by atoms with Crippen molar-refractivity contribution in [2.24, 2.45) is 5.73 Å². The fourth-order valence-corrected chi connectivity index (χ4v) is 1.15. The lowest BCUT2D eigenvalue weighted by Gasteiger charge is -2.09. The van der Waals surface area contributed by atoms with Gasteiger partial charge in [-0.3, -0.25) is 9.59 Å². The van der Waals surface area contributed by atoms with Crippen LogP contribution in [0.3, 0.4) is 0 Å². The number of nitrogens with two attached hydrogens (primary N) is 1. The molecule has 0 spiro atoms. The highest BCUT2D eigenvalue weighted by Crippen LogP contribution is 2.19. The van der Waals surface area contributed by atoms with Crippen LogP contribution in [0.2, 0.25) is 0 Å². The third kappa shape index (κ3) is 3.95. The van der Waals surface area contributed by atoms with Crippen molar-refractivity contribution in [1.82, 2.24) is 5.32 Å². The summed E-state index contributed by atoms with van der Waals surface area (Å²) < 4.78 is 38.7. The monoisotopic (exact) mass is 275 g/mol. The molecule has 8 heteroatoms. The zero-order valence-electron chi connectivity index (χ0n) is 9.97. The van der Waals surface area contributed by atoms with Gasteiger partial charge < -0.3 is 16.4 Å². The van der Waals surface area contributed by atoms with Crippen LogP contribution in [0.4, 0.5) is 18.9 Å². The minimum Gasteiger partial charge on any atom is -0.346 e. The van der Waals surface area contributed by atoms with E-state index in [0.717, 1.165) is 6.07 Å². The average Bonchev–Trinajstić information content (AvgIpc) is 2.36. The van der Waals surface area contributed by atoms with Crippen LogP contribution in [0.15, 0.2) is 12.1 Å². The predicted octanol–water partition coefficient (Wildman–Crippen LogP) is 0.506. The zero-order chi connectivity index (χ0) is 14.6. The number of rotatable bonds is 4. The number of benzene rings is 1. The number of carbonyl (C=O) groups is 2. The van der Waals surface area contributed by atoms with Crippen molar-refractivity contribution < 1.29 is 22.8 Å². The second kappa shape index (κ2) is 6.19. The lowest BCUT2D eigenvalue weighted by Crippen LogP contribution is -2.41. The van der Waals surface area contributed by atoms with E-state index in [1.54, 1.807) is 0 Å². The number of halogens is 3. The molecule has 0 bridgehead atoms. The Balaban J connectivity index is 2.63. The summed E-state index contributed by atoms with van der Waals surface area (Å²) in [7, 11) is 0. The van der Waals surface area contributed by atoms with Gasteiger partial charge in [0.05, 0.1) is 18.3 Å². The van der Waals surface area contributed by atoms with E-state index in [2.05, 4.69) is 5.32 Å². The zero-order valence-corrected chi connectivity index (χ0v) is 9.97. The molecule has 104 valence electrons. The van der Waals surface area contributed by atoms with Gasteiger partial charge in [-0.05, 0) is 19.1 Å². The first-order valence-corrected chi connectivity index (χ1v) is 5.29. The molecule has 0 saturated heterocycles. The number of amides is 2. The molecule has 0 aliphatic carbocycles. The minimum absolute atomic E-state index is 0.460. The van der Waals surface area contributed by atoms with Gasteiger partial charge in [0.15, 0.2) is 17.5 Å².